The lowest BCUT2D eigenvalue weighted by atomic mass is 9.95. The molecule has 2 aromatic heterocycles. The highest BCUT2D eigenvalue weighted by atomic mass is 19.1. The van der Waals surface area contributed by atoms with Crippen molar-refractivity contribution >= 4 is 5.82 Å². The maximum Gasteiger partial charge on any atom is 0.216 e. The second-order valence-corrected chi connectivity index (χ2v) is 9.78. The summed E-state index contributed by atoms with van der Waals surface area (Å²) in [5.74, 6) is -1.15. The summed E-state index contributed by atoms with van der Waals surface area (Å²) in [7, 11) is 1.33. The van der Waals surface area contributed by atoms with E-state index in [0.29, 0.717) is 11.9 Å². The van der Waals surface area contributed by atoms with Crippen molar-refractivity contribution in [1.82, 2.24) is 20.5 Å². The zero-order chi connectivity index (χ0) is 25.0. The van der Waals surface area contributed by atoms with E-state index in [0.717, 1.165) is 44.2 Å². The van der Waals surface area contributed by atoms with Crippen molar-refractivity contribution in [2.45, 2.75) is 62.4 Å². The molecule has 0 amide bonds. The number of anilines is 1. The van der Waals surface area contributed by atoms with Crippen molar-refractivity contribution in [2.75, 3.05) is 12.0 Å². The highest BCUT2D eigenvalue weighted by Gasteiger charge is 2.48. The van der Waals surface area contributed by atoms with Crippen molar-refractivity contribution in [3.63, 3.8) is 0 Å². The Hall–Kier alpha value is -3.40. The summed E-state index contributed by atoms with van der Waals surface area (Å²) in [4.78, 5) is 5.63. The predicted molar refractivity (Wildman–Crippen MR) is 128 cm³/mol. The van der Waals surface area contributed by atoms with Crippen molar-refractivity contribution in [3.8, 4) is 34.0 Å². The lowest BCUT2D eigenvalue weighted by Gasteiger charge is -2.41. The number of piperidine rings is 1. The van der Waals surface area contributed by atoms with Gasteiger partial charge in [0.05, 0.1) is 18.8 Å². The minimum atomic E-state index is -0.979. The molecule has 0 spiro atoms. The molecule has 4 atom stereocenters. The third kappa shape index (κ3) is 4.13. The van der Waals surface area contributed by atoms with Gasteiger partial charge in [0.15, 0.2) is 5.82 Å². The van der Waals surface area contributed by atoms with Crippen LogP contribution in [0.15, 0.2) is 36.4 Å². The Morgan fingerprint density at radius 2 is 1.86 bits per heavy atom. The van der Waals surface area contributed by atoms with E-state index in [1.807, 2.05) is 0 Å². The molecule has 3 aliphatic rings. The Morgan fingerprint density at radius 3 is 2.58 bits per heavy atom. The van der Waals surface area contributed by atoms with Crippen molar-refractivity contribution < 1.29 is 23.0 Å². The lowest BCUT2D eigenvalue weighted by molar-refractivity contribution is 0.171. The lowest BCUT2D eigenvalue weighted by Crippen LogP contribution is -2.57. The number of alkyl halides is 1. The van der Waals surface area contributed by atoms with E-state index in [4.69, 9.17) is 4.74 Å². The molecule has 2 N–H and O–H groups in total. The highest BCUT2D eigenvalue weighted by Crippen LogP contribution is 2.41. The zero-order valence-corrected chi connectivity index (χ0v) is 19.7. The van der Waals surface area contributed by atoms with Crippen LogP contribution in [0.1, 0.15) is 32.1 Å². The van der Waals surface area contributed by atoms with Gasteiger partial charge in [-0.3, -0.25) is 0 Å². The van der Waals surface area contributed by atoms with Crippen molar-refractivity contribution in [3.05, 3.63) is 48.2 Å². The van der Waals surface area contributed by atoms with E-state index >= 15 is 8.78 Å². The van der Waals surface area contributed by atoms with Crippen LogP contribution >= 0.6 is 0 Å². The number of benzene rings is 1. The number of aromatic nitrogens is 3. The van der Waals surface area contributed by atoms with Crippen LogP contribution < -0.4 is 15.0 Å². The van der Waals surface area contributed by atoms with Crippen LogP contribution in [0.2, 0.25) is 0 Å². The SMILES string of the molecule is COc1cc(-c2cc(O)c(-c3ccc(N(C4CC4)C4C[C@H]5CC[C@H](N5)C4F)nn3)cc2F)cc(F)n1. The average molecular weight is 498 g/mol. The topological polar surface area (TPSA) is 83.4 Å². The number of phenolic OH excluding ortho intramolecular Hbond substituents is 1. The van der Waals surface area contributed by atoms with Crippen LogP contribution in [-0.4, -0.2) is 57.7 Å². The third-order valence-electron chi connectivity index (χ3n) is 7.42. The summed E-state index contributed by atoms with van der Waals surface area (Å²) in [6, 6.07) is 8.41. The normalized spacial score (nSPS) is 25.1. The maximum absolute atomic E-state index is 15.3. The molecule has 1 aromatic carbocycles. The third-order valence-corrected chi connectivity index (χ3v) is 7.42. The molecule has 2 saturated heterocycles. The van der Waals surface area contributed by atoms with Gasteiger partial charge in [0.25, 0.3) is 0 Å². The number of halogens is 3. The molecule has 36 heavy (non-hydrogen) atoms. The van der Waals surface area contributed by atoms with Crippen molar-refractivity contribution in [1.29, 1.82) is 0 Å². The molecular weight excluding hydrogens is 471 g/mol. The molecule has 7 nitrogen and oxygen atoms in total. The fourth-order valence-corrected chi connectivity index (χ4v) is 5.55. The number of hydrogen-bond acceptors (Lipinski definition) is 7. The fraction of sp³-hybridized carbons (Fsp3) is 0.423. The molecule has 4 heterocycles. The van der Waals surface area contributed by atoms with Crippen LogP contribution in [0, 0.1) is 11.8 Å². The van der Waals surface area contributed by atoms with E-state index in [-0.39, 0.29) is 52.1 Å². The van der Waals surface area contributed by atoms with Gasteiger partial charge in [-0.2, -0.15) is 9.37 Å². The van der Waals surface area contributed by atoms with Gasteiger partial charge in [0.1, 0.15) is 17.7 Å². The minimum absolute atomic E-state index is 0.00476. The van der Waals surface area contributed by atoms with Crippen LogP contribution in [0.25, 0.3) is 22.4 Å². The second kappa shape index (κ2) is 8.92. The number of methoxy groups -OCH3 is 1. The Bertz CT molecular complexity index is 1290. The number of fused-ring (bicyclic) bond motifs is 2. The first-order valence-electron chi connectivity index (χ1n) is 12.2. The first-order chi connectivity index (χ1) is 17.4. The summed E-state index contributed by atoms with van der Waals surface area (Å²) >= 11 is 0. The number of nitrogens with zero attached hydrogens (tertiary/aromatic N) is 4. The van der Waals surface area contributed by atoms with Gasteiger partial charge < -0.3 is 20.1 Å². The molecule has 2 aliphatic heterocycles. The van der Waals surface area contributed by atoms with E-state index < -0.39 is 17.9 Å². The number of phenols is 1. The molecule has 10 heteroatoms. The Morgan fingerprint density at radius 1 is 1.03 bits per heavy atom. The Kier molecular flexibility index (Phi) is 5.70. The van der Waals surface area contributed by atoms with Crippen LogP contribution in [0.4, 0.5) is 19.0 Å². The number of nitrogens with one attached hydrogen (secondary N) is 1. The summed E-state index contributed by atoms with van der Waals surface area (Å²) in [6.07, 6.45) is 3.57. The number of ether oxygens (including phenoxy) is 1. The van der Waals surface area contributed by atoms with E-state index in [1.165, 1.54) is 19.2 Å². The molecule has 188 valence electrons. The zero-order valence-electron chi connectivity index (χ0n) is 19.7. The minimum Gasteiger partial charge on any atom is -0.507 e. The molecular formula is C26H26F3N5O2. The van der Waals surface area contributed by atoms with E-state index in [2.05, 4.69) is 25.4 Å². The standard InChI is InChI=1S/C26H26F3N5O2/c1-36-25-9-13(8-23(28)31-25)16-12-22(35)17(11-18(16)27)19-6-7-24(33-32-19)34(15-3-4-15)21-10-14-2-5-20(30-14)26(21)29/h6-9,11-12,14-15,20-21,26,30,35H,2-5,10H2,1H3/t14-,20+,21?,26?/m1/s1. The number of aromatic hydroxyl groups is 1. The maximum atomic E-state index is 15.3. The number of hydrogen-bond donors (Lipinski definition) is 2. The molecule has 2 bridgehead atoms. The summed E-state index contributed by atoms with van der Waals surface area (Å²) < 4.78 is 49.1. The molecule has 6 rings (SSSR count). The second-order valence-electron chi connectivity index (χ2n) is 9.78. The molecule has 2 unspecified atom stereocenters. The van der Waals surface area contributed by atoms with Gasteiger partial charge in [0.2, 0.25) is 11.8 Å². The van der Waals surface area contributed by atoms with E-state index in [1.54, 1.807) is 12.1 Å². The van der Waals surface area contributed by atoms with Gasteiger partial charge in [-0.25, -0.2) is 8.78 Å². The van der Waals surface area contributed by atoms with Crippen LogP contribution in [0.5, 0.6) is 11.6 Å². The Balaban J connectivity index is 1.29. The monoisotopic (exact) mass is 497 g/mol. The smallest absolute Gasteiger partial charge is 0.216 e. The van der Waals surface area contributed by atoms with Crippen molar-refractivity contribution in [2.24, 2.45) is 0 Å². The first-order valence-corrected chi connectivity index (χ1v) is 12.2. The largest absolute Gasteiger partial charge is 0.507 e. The fourth-order valence-electron chi connectivity index (χ4n) is 5.55. The van der Waals surface area contributed by atoms with Crippen LogP contribution in [0.3, 0.4) is 0 Å². The molecule has 0 radical (unpaired) electrons. The van der Waals surface area contributed by atoms with Crippen LogP contribution in [-0.2, 0) is 0 Å². The van der Waals surface area contributed by atoms with E-state index in [9.17, 15) is 9.50 Å². The van der Waals surface area contributed by atoms with Gasteiger partial charge in [-0.15, -0.1) is 10.2 Å². The predicted octanol–water partition coefficient (Wildman–Crippen LogP) is 4.40. The van der Waals surface area contributed by atoms with Gasteiger partial charge in [-0.05, 0) is 61.9 Å². The average Bonchev–Trinajstić information content (AvgIpc) is 3.63. The molecule has 1 aliphatic carbocycles. The number of rotatable bonds is 6. The highest BCUT2D eigenvalue weighted by molar-refractivity contribution is 5.75. The van der Waals surface area contributed by atoms with Gasteiger partial charge >= 0.3 is 0 Å². The Labute approximate surface area is 206 Å². The quantitative estimate of drug-likeness (QED) is 0.489. The first kappa shape index (κ1) is 23.0. The summed E-state index contributed by atoms with van der Waals surface area (Å²) in [6.45, 7) is 0. The number of pyridine rings is 1. The molecule has 3 fully saturated rings. The van der Waals surface area contributed by atoms with Gasteiger partial charge in [-0.1, -0.05) is 0 Å². The molecule has 3 aromatic rings. The summed E-state index contributed by atoms with van der Waals surface area (Å²) in [5, 5.41) is 22.7. The molecule has 1 saturated carbocycles. The summed E-state index contributed by atoms with van der Waals surface area (Å²) in [5.41, 5.74) is 0.600. The van der Waals surface area contributed by atoms with Gasteiger partial charge in [0, 0.05) is 41.4 Å².